The predicted molar refractivity (Wildman–Crippen MR) is 80.5 cm³/mol. The van der Waals surface area contributed by atoms with Crippen molar-refractivity contribution in [2.75, 3.05) is 0 Å². The van der Waals surface area contributed by atoms with Gasteiger partial charge in [0, 0.05) is 19.0 Å². The number of nitrogens with two attached hydrogens (primary N) is 1. The molecule has 0 aliphatic heterocycles. The van der Waals surface area contributed by atoms with Gasteiger partial charge in [-0.1, -0.05) is 50.6 Å². The second kappa shape index (κ2) is 6.27. The maximum atomic E-state index is 6.65. The molecule has 0 aromatic carbocycles. The lowest BCUT2D eigenvalue weighted by atomic mass is 9.81. The Morgan fingerprint density at radius 3 is 2.32 bits per heavy atom. The van der Waals surface area contributed by atoms with Crippen molar-refractivity contribution < 1.29 is 0 Å². The van der Waals surface area contributed by atoms with Crippen LogP contribution < -0.4 is 5.73 Å². The van der Waals surface area contributed by atoms with E-state index in [9.17, 15) is 0 Å². The van der Waals surface area contributed by atoms with Crippen LogP contribution in [-0.4, -0.2) is 15.3 Å². The Hall–Kier alpha value is -0.540. The molecule has 0 bridgehead atoms. The van der Waals surface area contributed by atoms with Gasteiger partial charge in [0.05, 0.1) is 16.4 Å². The lowest BCUT2D eigenvalue weighted by Crippen LogP contribution is -2.43. The van der Waals surface area contributed by atoms with Crippen molar-refractivity contribution in [1.82, 2.24) is 9.78 Å². The van der Waals surface area contributed by atoms with Gasteiger partial charge in [-0.15, -0.1) is 0 Å². The van der Waals surface area contributed by atoms with Crippen molar-refractivity contribution in [3.63, 3.8) is 0 Å². The average molecular weight is 284 g/mol. The molecular formula is C15H26ClN3. The number of aryl methyl sites for hydroxylation is 2. The predicted octanol–water partition coefficient (Wildman–Crippen LogP) is 3.62. The van der Waals surface area contributed by atoms with Gasteiger partial charge in [-0.3, -0.25) is 4.68 Å². The van der Waals surface area contributed by atoms with Crippen LogP contribution in [0, 0.1) is 0 Å². The molecule has 1 saturated carbocycles. The summed E-state index contributed by atoms with van der Waals surface area (Å²) < 4.78 is 1.93. The van der Waals surface area contributed by atoms with Gasteiger partial charge in [-0.25, -0.2) is 0 Å². The molecule has 19 heavy (non-hydrogen) atoms. The van der Waals surface area contributed by atoms with Crippen LogP contribution in [0.2, 0.25) is 5.02 Å². The van der Waals surface area contributed by atoms with Crippen LogP contribution in [0.1, 0.15) is 63.3 Å². The third-order valence-corrected chi connectivity index (χ3v) is 4.81. The van der Waals surface area contributed by atoms with Crippen molar-refractivity contribution >= 4 is 11.6 Å². The Kier molecular flexibility index (Phi) is 4.91. The molecule has 1 aliphatic carbocycles. The average Bonchev–Trinajstić information content (AvgIpc) is 2.62. The van der Waals surface area contributed by atoms with E-state index in [0.29, 0.717) is 0 Å². The number of hydrogen-bond donors (Lipinski definition) is 1. The standard InChI is InChI=1S/C15H26ClN3/c1-3-12-14(16)13(19(2)18-12)11-15(17)9-7-5-4-6-8-10-15/h3-11,17H2,1-2H3. The van der Waals surface area contributed by atoms with E-state index in [4.69, 9.17) is 17.3 Å². The summed E-state index contributed by atoms with van der Waals surface area (Å²) >= 11 is 6.45. The molecule has 108 valence electrons. The Bertz CT molecular complexity index is 417. The molecule has 2 rings (SSSR count). The first-order valence-corrected chi connectivity index (χ1v) is 7.92. The van der Waals surface area contributed by atoms with Crippen molar-refractivity contribution in [2.24, 2.45) is 12.8 Å². The highest BCUT2D eigenvalue weighted by Gasteiger charge is 2.29. The molecule has 4 heteroatoms. The van der Waals surface area contributed by atoms with Gasteiger partial charge in [0.1, 0.15) is 0 Å². The molecule has 0 radical (unpaired) electrons. The number of halogens is 1. The molecule has 0 saturated heterocycles. The summed E-state index contributed by atoms with van der Waals surface area (Å²) in [6.45, 7) is 2.09. The Morgan fingerprint density at radius 1 is 1.21 bits per heavy atom. The van der Waals surface area contributed by atoms with Gasteiger partial charge in [-0.2, -0.15) is 5.10 Å². The third-order valence-electron chi connectivity index (χ3n) is 4.37. The zero-order valence-corrected chi connectivity index (χ0v) is 13.0. The smallest absolute Gasteiger partial charge is 0.0850 e. The Balaban J connectivity index is 2.16. The minimum absolute atomic E-state index is 0.0944. The maximum absolute atomic E-state index is 6.65. The normalized spacial score (nSPS) is 20.0. The first-order valence-electron chi connectivity index (χ1n) is 7.55. The quantitative estimate of drug-likeness (QED) is 0.921. The van der Waals surface area contributed by atoms with Gasteiger partial charge < -0.3 is 5.73 Å². The number of nitrogens with zero attached hydrogens (tertiary/aromatic N) is 2. The monoisotopic (exact) mass is 283 g/mol. The SMILES string of the molecule is CCc1nn(C)c(CC2(N)CCCCCCC2)c1Cl. The first kappa shape index (κ1) is 14.9. The van der Waals surface area contributed by atoms with E-state index in [-0.39, 0.29) is 5.54 Å². The molecule has 2 N–H and O–H groups in total. The Morgan fingerprint density at radius 2 is 1.79 bits per heavy atom. The van der Waals surface area contributed by atoms with Gasteiger partial charge >= 0.3 is 0 Å². The van der Waals surface area contributed by atoms with E-state index in [1.165, 1.54) is 32.1 Å². The van der Waals surface area contributed by atoms with Crippen molar-refractivity contribution in [3.8, 4) is 0 Å². The van der Waals surface area contributed by atoms with E-state index in [2.05, 4.69) is 12.0 Å². The van der Waals surface area contributed by atoms with Crippen molar-refractivity contribution in [2.45, 2.75) is 70.3 Å². The van der Waals surface area contributed by atoms with Crippen LogP contribution >= 0.6 is 11.6 Å². The van der Waals surface area contributed by atoms with E-state index in [0.717, 1.165) is 42.1 Å². The molecule has 0 spiro atoms. The summed E-state index contributed by atoms with van der Waals surface area (Å²) in [5.74, 6) is 0. The summed E-state index contributed by atoms with van der Waals surface area (Å²) in [7, 11) is 1.98. The molecular weight excluding hydrogens is 258 g/mol. The van der Waals surface area contributed by atoms with Crippen LogP contribution in [0.3, 0.4) is 0 Å². The fraction of sp³-hybridized carbons (Fsp3) is 0.800. The van der Waals surface area contributed by atoms with Gasteiger partial charge in [0.15, 0.2) is 0 Å². The van der Waals surface area contributed by atoms with Crippen LogP contribution in [0.4, 0.5) is 0 Å². The first-order chi connectivity index (χ1) is 9.06. The van der Waals surface area contributed by atoms with Gasteiger partial charge in [0.2, 0.25) is 0 Å². The molecule has 1 fully saturated rings. The second-order valence-electron chi connectivity index (χ2n) is 5.99. The summed E-state index contributed by atoms with van der Waals surface area (Å²) in [6, 6.07) is 0. The van der Waals surface area contributed by atoms with E-state index in [1.807, 2.05) is 11.7 Å². The minimum atomic E-state index is -0.0944. The molecule has 3 nitrogen and oxygen atoms in total. The summed E-state index contributed by atoms with van der Waals surface area (Å²) in [4.78, 5) is 0. The third kappa shape index (κ3) is 3.51. The summed E-state index contributed by atoms with van der Waals surface area (Å²) in [6.07, 6.45) is 10.4. The number of hydrogen-bond acceptors (Lipinski definition) is 2. The van der Waals surface area contributed by atoms with Gasteiger partial charge in [0.25, 0.3) is 0 Å². The van der Waals surface area contributed by atoms with E-state index >= 15 is 0 Å². The molecule has 0 amide bonds. The van der Waals surface area contributed by atoms with Crippen LogP contribution in [0.25, 0.3) is 0 Å². The largest absolute Gasteiger partial charge is 0.325 e. The molecule has 1 aromatic rings. The molecule has 1 aliphatic rings. The summed E-state index contributed by atoms with van der Waals surface area (Å²) in [5, 5.41) is 5.33. The highest BCUT2D eigenvalue weighted by atomic mass is 35.5. The van der Waals surface area contributed by atoms with Crippen LogP contribution in [0.5, 0.6) is 0 Å². The second-order valence-corrected chi connectivity index (χ2v) is 6.37. The van der Waals surface area contributed by atoms with Crippen LogP contribution in [0.15, 0.2) is 0 Å². The fourth-order valence-electron chi connectivity index (χ4n) is 3.13. The minimum Gasteiger partial charge on any atom is -0.325 e. The lowest BCUT2D eigenvalue weighted by molar-refractivity contribution is 0.309. The summed E-state index contributed by atoms with van der Waals surface area (Å²) in [5.41, 5.74) is 8.66. The highest BCUT2D eigenvalue weighted by Crippen LogP contribution is 2.31. The molecule has 0 atom stereocenters. The zero-order valence-electron chi connectivity index (χ0n) is 12.2. The van der Waals surface area contributed by atoms with E-state index in [1.54, 1.807) is 0 Å². The maximum Gasteiger partial charge on any atom is 0.0850 e. The number of rotatable bonds is 3. The number of aromatic nitrogens is 2. The topological polar surface area (TPSA) is 43.8 Å². The van der Waals surface area contributed by atoms with Crippen LogP contribution in [-0.2, 0) is 19.9 Å². The zero-order chi connectivity index (χ0) is 13.9. The Labute approximate surface area is 121 Å². The van der Waals surface area contributed by atoms with E-state index < -0.39 is 0 Å². The van der Waals surface area contributed by atoms with Crippen molar-refractivity contribution in [1.29, 1.82) is 0 Å². The highest BCUT2D eigenvalue weighted by molar-refractivity contribution is 6.31. The molecule has 1 aromatic heterocycles. The lowest BCUT2D eigenvalue weighted by Gasteiger charge is -2.31. The molecule has 0 unspecified atom stereocenters. The fourth-order valence-corrected chi connectivity index (χ4v) is 3.49. The van der Waals surface area contributed by atoms with Gasteiger partial charge in [-0.05, 0) is 19.3 Å². The molecule has 1 heterocycles. The van der Waals surface area contributed by atoms with Crippen molar-refractivity contribution in [3.05, 3.63) is 16.4 Å².